The molecule has 7 heteroatoms. The summed E-state index contributed by atoms with van der Waals surface area (Å²) in [5.74, 6) is 1.27. The van der Waals surface area contributed by atoms with Crippen molar-refractivity contribution in [1.82, 2.24) is 19.5 Å². The van der Waals surface area contributed by atoms with E-state index in [4.69, 9.17) is 4.42 Å². The maximum absolute atomic E-state index is 12.4. The first kappa shape index (κ1) is 16.4. The number of aryl methyl sites for hydroxylation is 1. The molecular weight excluding hydrogens is 408 g/mol. The van der Waals surface area contributed by atoms with Gasteiger partial charge in [-0.25, -0.2) is 9.36 Å². The largest absolute Gasteiger partial charge is 0.427 e. The first-order valence-electron chi connectivity index (χ1n) is 8.72. The van der Waals surface area contributed by atoms with Crippen LogP contribution < -0.4 is 5.69 Å². The Morgan fingerprint density at radius 2 is 2.04 bits per heavy atom. The van der Waals surface area contributed by atoms with E-state index < -0.39 is 0 Å². The van der Waals surface area contributed by atoms with Gasteiger partial charge >= 0.3 is 5.69 Å². The average Bonchev–Trinajstić information content (AvgIpc) is 3.44. The van der Waals surface area contributed by atoms with Gasteiger partial charge in [-0.15, -0.1) is 0 Å². The van der Waals surface area contributed by atoms with Gasteiger partial charge in [-0.3, -0.25) is 4.98 Å². The number of oxazole rings is 1. The van der Waals surface area contributed by atoms with Crippen molar-refractivity contribution in [3.05, 3.63) is 69.3 Å². The van der Waals surface area contributed by atoms with Crippen molar-refractivity contribution < 1.29 is 4.42 Å². The standard InChI is InChI=1S/C20H15BrN4O2/c1-11-15-5-4-14(10-13(15)6-8-22-11)19-24-18(17(21)27-19)25-9-7-16(12-2-3-12)23-20(25)26/h4-10,12H,2-3H2,1H3. The highest BCUT2D eigenvalue weighted by Gasteiger charge is 2.26. The molecule has 4 aromatic rings. The second-order valence-corrected chi connectivity index (χ2v) is 7.45. The monoisotopic (exact) mass is 422 g/mol. The van der Waals surface area contributed by atoms with E-state index in [1.165, 1.54) is 4.57 Å². The van der Waals surface area contributed by atoms with Gasteiger partial charge < -0.3 is 4.42 Å². The minimum Gasteiger partial charge on any atom is -0.427 e. The zero-order valence-electron chi connectivity index (χ0n) is 14.5. The smallest absolute Gasteiger partial charge is 0.353 e. The predicted octanol–water partition coefficient (Wildman–Crippen LogP) is 4.38. The molecule has 5 rings (SSSR count). The van der Waals surface area contributed by atoms with Crippen LogP contribution in [0.3, 0.4) is 0 Å². The van der Waals surface area contributed by atoms with Crippen molar-refractivity contribution in [2.75, 3.05) is 0 Å². The number of hydrogen-bond acceptors (Lipinski definition) is 5. The van der Waals surface area contributed by atoms with Gasteiger partial charge in [0.25, 0.3) is 0 Å². The number of rotatable bonds is 3. The van der Waals surface area contributed by atoms with E-state index in [9.17, 15) is 4.79 Å². The molecule has 0 aliphatic heterocycles. The lowest BCUT2D eigenvalue weighted by Crippen LogP contribution is -2.22. The molecule has 1 fully saturated rings. The highest BCUT2D eigenvalue weighted by atomic mass is 79.9. The zero-order valence-corrected chi connectivity index (χ0v) is 16.1. The molecular formula is C20H15BrN4O2. The number of benzene rings is 1. The van der Waals surface area contributed by atoms with E-state index in [-0.39, 0.29) is 5.69 Å². The summed E-state index contributed by atoms with van der Waals surface area (Å²) >= 11 is 3.38. The summed E-state index contributed by atoms with van der Waals surface area (Å²) < 4.78 is 7.58. The van der Waals surface area contributed by atoms with Crippen LogP contribution in [0.25, 0.3) is 28.0 Å². The van der Waals surface area contributed by atoms with Gasteiger partial charge in [0.2, 0.25) is 10.6 Å². The highest BCUT2D eigenvalue weighted by Crippen LogP contribution is 2.38. The van der Waals surface area contributed by atoms with Crippen molar-refractivity contribution in [1.29, 1.82) is 0 Å². The quantitative estimate of drug-likeness (QED) is 0.489. The van der Waals surface area contributed by atoms with E-state index in [0.717, 1.165) is 40.6 Å². The van der Waals surface area contributed by atoms with Gasteiger partial charge in [-0.05, 0) is 65.3 Å². The Morgan fingerprint density at radius 1 is 1.19 bits per heavy atom. The summed E-state index contributed by atoms with van der Waals surface area (Å²) in [6.45, 7) is 1.98. The predicted molar refractivity (Wildman–Crippen MR) is 105 cm³/mol. The summed E-state index contributed by atoms with van der Waals surface area (Å²) in [6.07, 6.45) is 5.70. The molecule has 3 heterocycles. The average molecular weight is 423 g/mol. The van der Waals surface area contributed by atoms with Gasteiger partial charge in [0.05, 0.1) is 5.69 Å². The molecule has 1 aliphatic rings. The minimum absolute atomic E-state index is 0.347. The Morgan fingerprint density at radius 3 is 2.81 bits per heavy atom. The number of halogens is 1. The molecule has 134 valence electrons. The van der Waals surface area contributed by atoms with E-state index in [2.05, 4.69) is 30.9 Å². The first-order chi connectivity index (χ1) is 13.1. The molecule has 1 saturated carbocycles. The van der Waals surface area contributed by atoms with Crippen LogP contribution in [0.4, 0.5) is 0 Å². The topological polar surface area (TPSA) is 73.8 Å². The van der Waals surface area contributed by atoms with Crippen molar-refractivity contribution in [3.8, 4) is 17.3 Å². The number of aromatic nitrogens is 4. The van der Waals surface area contributed by atoms with Crippen LogP contribution in [-0.4, -0.2) is 19.5 Å². The third kappa shape index (κ3) is 2.88. The molecule has 0 amide bonds. The van der Waals surface area contributed by atoms with Crippen LogP contribution in [0.15, 0.2) is 56.6 Å². The number of hydrogen-bond donors (Lipinski definition) is 0. The van der Waals surface area contributed by atoms with Crippen LogP contribution in [0, 0.1) is 6.92 Å². The molecule has 0 saturated heterocycles. The van der Waals surface area contributed by atoms with Crippen LogP contribution >= 0.6 is 15.9 Å². The molecule has 0 atom stereocenters. The Bertz CT molecular complexity index is 1240. The summed E-state index contributed by atoms with van der Waals surface area (Å²) in [7, 11) is 0. The Balaban J connectivity index is 1.57. The first-order valence-corrected chi connectivity index (χ1v) is 9.51. The van der Waals surface area contributed by atoms with Crippen molar-refractivity contribution >= 4 is 26.7 Å². The van der Waals surface area contributed by atoms with Gasteiger partial charge in [-0.2, -0.15) is 9.97 Å². The molecule has 27 heavy (non-hydrogen) atoms. The molecule has 0 bridgehead atoms. The van der Waals surface area contributed by atoms with Crippen molar-refractivity contribution in [2.45, 2.75) is 25.7 Å². The summed E-state index contributed by atoms with van der Waals surface area (Å²) in [6, 6.07) is 9.78. The van der Waals surface area contributed by atoms with Crippen LogP contribution in [-0.2, 0) is 0 Å². The molecule has 3 aromatic heterocycles. The molecule has 6 nitrogen and oxygen atoms in total. The molecule has 1 aromatic carbocycles. The maximum atomic E-state index is 12.4. The number of pyridine rings is 1. The fourth-order valence-electron chi connectivity index (χ4n) is 3.21. The van der Waals surface area contributed by atoms with E-state index in [0.29, 0.717) is 22.3 Å². The second-order valence-electron chi connectivity index (χ2n) is 6.73. The van der Waals surface area contributed by atoms with Gasteiger partial charge in [-0.1, -0.05) is 6.07 Å². The maximum Gasteiger partial charge on any atom is 0.353 e. The van der Waals surface area contributed by atoms with Gasteiger partial charge in [0.15, 0.2) is 5.82 Å². The van der Waals surface area contributed by atoms with Gasteiger partial charge in [0.1, 0.15) is 0 Å². The lowest BCUT2D eigenvalue weighted by Gasteiger charge is -2.03. The van der Waals surface area contributed by atoms with Crippen LogP contribution in [0.2, 0.25) is 0 Å². The summed E-state index contributed by atoms with van der Waals surface area (Å²) in [4.78, 5) is 25.4. The number of fused-ring (bicyclic) bond motifs is 1. The molecule has 0 unspecified atom stereocenters. The lowest BCUT2D eigenvalue weighted by molar-refractivity contribution is 0.547. The van der Waals surface area contributed by atoms with E-state index >= 15 is 0 Å². The van der Waals surface area contributed by atoms with E-state index in [1.54, 1.807) is 12.4 Å². The molecule has 0 radical (unpaired) electrons. The third-order valence-electron chi connectivity index (χ3n) is 4.83. The SMILES string of the molecule is Cc1nccc2cc(-c3nc(-n4ccc(C5CC5)nc4=O)c(Br)o3)ccc12. The summed E-state index contributed by atoms with van der Waals surface area (Å²) in [5, 5.41) is 2.15. The normalized spacial score (nSPS) is 14.0. The summed E-state index contributed by atoms with van der Waals surface area (Å²) in [5.41, 5.74) is 2.31. The Labute approximate surface area is 163 Å². The fraction of sp³-hybridized carbons (Fsp3) is 0.200. The second kappa shape index (κ2) is 6.13. The van der Waals surface area contributed by atoms with Crippen LogP contribution in [0.1, 0.15) is 30.1 Å². The Hall–Kier alpha value is -2.80. The fourth-order valence-corrected chi connectivity index (χ4v) is 3.64. The van der Waals surface area contributed by atoms with Crippen LogP contribution in [0.5, 0.6) is 0 Å². The lowest BCUT2D eigenvalue weighted by atomic mass is 10.1. The Kier molecular flexibility index (Phi) is 3.72. The molecule has 0 N–H and O–H groups in total. The minimum atomic E-state index is -0.347. The molecule has 1 aliphatic carbocycles. The van der Waals surface area contributed by atoms with Gasteiger partial charge in [0, 0.05) is 35.0 Å². The molecule has 0 spiro atoms. The van der Waals surface area contributed by atoms with Crippen molar-refractivity contribution in [3.63, 3.8) is 0 Å². The zero-order chi connectivity index (χ0) is 18.5. The van der Waals surface area contributed by atoms with E-state index in [1.807, 2.05) is 37.3 Å². The third-order valence-corrected chi connectivity index (χ3v) is 5.35. The number of nitrogens with zero attached hydrogens (tertiary/aromatic N) is 4. The van der Waals surface area contributed by atoms with Crippen molar-refractivity contribution in [2.24, 2.45) is 0 Å². The highest BCUT2D eigenvalue weighted by molar-refractivity contribution is 9.10.